The Balaban J connectivity index is 2.54. The van der Waals surface area contributed by atoms with Gasteiger partial charge < -0.3 is 5.32 Å². The Kier molecular flexibility index (Phi) is 3.64. The molecule has 7 heteroatoms. The van der Waals surface area contributed by atoms with Gasteiger partial charge in [-0.3, -0.25) is 0 Å². The van der Waals surface area contributed by atoms with Gasteiger partial charge in [-0.2, -0.15) is 0 Å². The Hall–Kier alpha value is -2.18. The van der Waals surface area contributed by atoms with Crippen LogP contribution in [-0.2, 0) is 0 Å². The molecular formula is C12H9F4N3. The van der Waals surface area contributed by atoms with Gasteiger partial charge in [-0.25, -0.2) is 27.5 Å². The molecule has 19 heavy (non-hydrogen) atoms. The summed E-state index contributed by atoms with van der Waals surface area (Å²) in [5, 5.41) is 2.74. The molecule has 1 N–H and O–H groups in total. The molecule has 1 aromatic carbocycles. The van der Waals surface area contributed by atoms with Gasteiger partial charge in [0.25, 0.3) is 0 Å². The van der Waals surface area contributed by atoms with Crippen LogP contribution >= 0.6 is 0 Å². The lowest BCUT2D eigenvalue weighted by molar-refractivity contribution is 0.447. The van der Waals surface area contributed by atoms with E-state index in [0.717, 1.165) is 6.20 Å². The van der Waals surface area contributed by atoms with E-state index in [0.29, 0.717) is 18.7 Å². The topological polar surface area (TPSA) is 37.8 Å². The van der Waals surface area contributed by atoms with E-state index in [1.54, 1.807) is 6.92 Å². The number of anilines is 1. The van der Waals surface area contributed by atoms with E-state index in [1.165, 1.54) is 0 Å². The van der Waals surface area contributed by atoms with E-state index in [4.69, 9.17) is 0 Å². The van der Waals surface area contributed by atoms with Gasteiger partial charge in [-0.1, -0.05) is 0 Å². The highest BCUT2D eigenvalue weighted by Gasteiger charge is 2.15. The van der Waals surface area contributed by atoms with Crippen LogP contribution in [-0.4, -0.2) is 16.5 Å². The molecular weight excluding hydrogens is 262 g/mol. The van der Waals surface area contributed by atoms with Crippen molar-refractivity contribution in [3.63, 3.8) is 0 Å². The van der Waals surface area contributed by atoms with Crippen LogP contribution in [0.3, 0.4) is 0 Å². The maximum Gasteiger partial charge on any atom is 0.223 e. The third-order valence-corrected chi connectivity index (χ3v) is 2.34. The van der Waals surface area contributed by atoms with E-state index in [1.807, 2.05) is 0 Å². The second-order valence-corrected chi connectivity index (χ2v) is 3.67. The summed E-state index contributed by atoms with van der Waals surface area (Å²) in [6.45, 7) is 2.28. The van der Waals surface area contributed by atoms with Crippen LogP contribution in [0.5, 0.6) is 0 Å². The summed E-state index contributed by atoms with van der Waals surface area (Å²) in [4.78, 5) is 7.45. The smallest absolute Gasteiger partial charge is 0.223 e. The molecule has 0 fully saturated rings. The van der Waals surface area contributed by atoms with Gasteiger partial charge in [0.1, 0.15) is 5.69 Å². The molecule has 0 unspecified atom stereocenters. The van der Waals surface area contributed by atoms with Crippen molar-refractivity contribution in [1.29, 1.82) is 0 Å². The summed E-state index contributed by atoms with van der Waals surface area (Å²) >= 11 is 0. The predicted octanol–water partition coefficient (Wildman–Crippen LogP) is 3.13. The molecule has 3 nitrogen and oxygen atoms in total. The van der Waals surface area contributed by atoms with Gasteiger partial charge in [-0.05, 0) is 19.1 Å². The zero-order valence-electron chi connectivity index (χ0n) is 9.85. The van der Waals surface area contributed by atoms with E-state index in [2.05, 4.69) is 15.3 Å². The zero-order chi connectivity index (χ0) is 14.0. The molecule has 2 aromatic rings. The third-order valence-electron chi connectivity index (χ3n) is 2.34. The summed E-state index contributed by atoms with van der Waals surface area (Å²) in [6.07, 6.45) is 0.874. The number of aromatic nitrogens is 2. The van der Waals surface area contributed by atoms with E-state index in [-0.39, 0.29) is 17.2 Å². The van der Waals surface area contributed by atoms with Crippen LogP contribution < -0.4 is 5.32 Å². The van der Waals surface area contributed by atoms with Crippen molar-refractivity contribution in [3.05, 3.63) is 41.6 Å². The van der Waals surface area contributed by atoms with Gasteiger partial charge in [0, 0.05) is 12.1 Å². The van der Waals surface area contributed by atoms with Crippen molar-refractivity contribution in [2.45, 2.75) is 6.92 Å². The zero-order valence-corrected chi connectivity index (χ0v) is 9.85. The average molecular weight is 271 g/mol. The SMILES string of the molecule is CCNc1ncc(F)c(-c2cc(F)c(F)c(F)c2)n1. The van der Waals surface area contributed by atoms with Crippen LogP contribution in [0.15, 0.2) is 18.3 Å². The molecule has 0 amide bonds. The van der Waals surface area contributed by atoms with Crippen LogP contribution in [0, 0.1) is 23.3 Å². The second-order valence-electron chi connectivity index (χ2n) is 3.67. The summed E-state index contributed by atoms with van der Waals surface area (Å²) in [5.74, 6) is -5.16. The molecule has 0 spiro atoms. The van der Waals surface area contributed by atoms with E-state index in [9.17, 15) is 17.6 Å². The van der Waals surface area contributed by atoms with Crippen LogP contribution in [0.1, 0.15) is 6.92 Å². The van der Waals surface area contributed by atoms with Crippen molar-refractivity contribution >= 4 is 5.95 Å². The number of hydrogen-bond acceptors (Lipinski definition) is 3. The van der Waals surface area contributed by atoms with E-state index < -0.39 is 23.3 Å². The first-order valence-electron chi connectivity index (χ1n) is 5.44. The highest BCUT2D eigenvalue weighted by atomic mass is 19.2. The van der Waals surface area contributed by atoms with Gasteiger partial charge in [0.2, 0.25) is 5.95 Å². The van der Waals surface area contributed by atoms with Crippen molar-refractivity contribution in [2.75, 3.05) is 11.9 Å². The highest BCUT2D eigenvalue weighted by molar-refractivity contribution is 5.61. The minimum atomic E-state index is -1.61. The molecule has 100 valence electrons. The minimum Gasteiger partial charge on any atom is -0.354 e. The number of halogens is 4. The summed E-state index contributed by atoms with van der Waals surface area (Å²) < 4.78 is 52.6. The van der Waals surface area contributed by atoms with Crippen LogP contribution in [0.4, 0.5) is 23.5 Å². The fourth-order valence-electron chi connectivity index (χ4n) is 1.51. The van der Waals surface area contributed by atoms with E-state index >= 15 is 0 Å². The summed E-state index contributed by atoms with van der Waals surface area (Å²) in [5.41, 5.74) is -0.501. The fourth-order valence-corrected chi connectivity index (χ4v) is 1.51. The Morgan fingerprint density at radius 1 is 1.05 bits per heavy atom. The maximum atomic E-state index is 13.6. The second kappa shape index (κ2) is 5.21. The van der Waals surface area contributed by atoms with Crippen molar-refractivity contribution in [3.8, 4) is 11.3 Å². The Bertz CT molecular complexity index is 593. The largest absolute Gasteiger partial charge is 0.354 e. The lowest BCUT2D eigenvalue weighted by Crippen LogP contribution is -2.04. The maximum absolute atomic E-state index is 13.6. The lowest BCUT2D eigenvalue weighted by Gasteiger charge is -2.07. The van der Waals surface area contributed by atoms with Gasteiger partial charge in [0.15, 0.2) is 23.3 Å². The van der Waals surface area contributed by atoms with Gasteiger partial charge >= 0.3 is 0 Å². The molecule has 0 saturated heterocycles. The molecule has 0 aliphatic heterocycles. The number of rotatable bonds is 3. The van der Waals surface area contributed by atoms with Gasteiger partial charge in [0.05, 0.1) is 6.20 Å². The predicted molar refractivity (Wildman–Crippen MR) is 61.5 cm³/mol. The Morgan fingerprint density at radius 2 is 1.68 bits per heavy atom. The molecule has 0 saturated carbocycles. The molecule has 0 aliphatic carbocycles. The first kappa shape index (κ1) is 13.3. The summed E-state index contributed by atoms with van der Waals surface area (Å²) in [7, 11) is 0. The Labute approximate surface area is 106 Å². The molecule has 1 aromatic heterocycles. The molecule has 1 heterocycles. The van der Waals surface area contributed by atoms with Crippen LogP contribution in [0.2, 0.25) is 0 Å². The minimum absolute atomic E-state index is 0.115. The quantitative estimate of drug-likeness (QED) is 0.688. The Morgan fingerprint density at radius 3 is 2.26 bits per heavy atom. The summed E-state index contributed by atoms with van der Waals surface area (Å²) in [6, 6.07) is 1.36. The molecule has 0 bridgehead atoms. The van der Waals surface area contributed by atoms with Crippen molar-refractivity contribution in [2.24, 2.45) is 0 Å². The number of hydrogen-bond donors (Lipinski definition) is 1. The van der Waals surface area contributed by atoms with Crippen LogP contribution in [0.25, 0.3) is 11.3 Å². The molecule has 0 aliphatic rings. The number of nitrogens with one attached hydrogen (secondary N) is 1. The first-order valence-corrected chi connectivity index (χ1v) is 5.44. The fraction of sp³-hybridized carbons (Fsp3) is 0.167. The number of benzene rings is 1. The normalized spacial score (nSPS) is 10.6. The lowest BCUT2D eigenvalue weighted by atomic mass is 10.1. The monoisotopic (exact) mass is 271 g/mol. The standard InChI is InChI=1S/C12H9F4N3/c1-2-17-12-18-5-9(15)11(19-12)6-3-7(13)10(16)8(14)4-6/h3-5H,2H2,1H3,(H,17,18,19). The molecule has 2 rings (SSSR count). The molecule has 0 radical (unpaired) electrons. The van der Waals surface area contributed by atoms with Gasteiger partial charge in [-0.15, -0.1) is 0 Å². The average Bonchev–Trinajstić information content (AvgIpc) is 2.38. The highest BCUT2D eigenvalue weighted by Crippen LogP contribution is 2.24. The third kappa shape index (κ3) is 2.64. The molecule has 0 atom stereocenters. The number of nitrogens with zero attached hydrogens (tertiary/aromatic N) is 2. The first-order chi connectivity index (χ1) is 9.02. The van der Waals surface area contributed by atoms with Crippen molar-refractivity contribution < 1.29 is 17.6 Å². The van der Waals surface area contributed by atoms with Crippen molar-refractivity contribution in [1.82, 2.24) is 9.97 Å².